The summed E-state index contributed by atoms with van der Waals surface area (Å²) in [6.07, 6.45) is 1.86. The Morgan fingerprint density at radius 3 is 2.52 bits per heavy atom. The highest BCUT2D eigenvalue weighted by atomic mass is 16.5. The highest BCUT2D eigenvalue weighted by Crippen LogP contribution is 2.25. The highest BCUT2D eigenvalue weighted by molar-refractivity contribution is 6.21. The fourth-order valence-electron chi connectivity index (χ4n) is 3.88. The summed E-state index contributed by atoms with van der Waals surface area (Å²) < 4.78 is 5.18. The van der Waals surface area contributed by atoms with E-state index in [1.54, 1.807) is 30.2 Å². The number of amides is 3. The second kappa shape index (κ2) is 7.58. The number of anilines is 1. The predicted octanol–water partition coefficient (Wildman–Crippen LogP) is 2.64. The third-order valence-corrected chi connectivity index (χ3v) is 5.51. The minimum Gasteiger partial charge on any atom is -0.497 e. The van der Waals surface area contributed by atoms with E-state index in [9.17, 15) is 14.4 Å². The monoisotopic (exact) mass is 393 g/mol. The molecule has 0 radical (unpaired) electrons. The van der Waals surface area contributed by atoms with Crippen LogP contribution in [0.15, 0.2) is 42.5 Å². The molecule has 3 amide bonds. The number of hydrogen-bond acceptors (Lipinski definition) is 5. The van der Waals surface area contributed by atoms with E-state index in [-0.39, 0.29) is 23.8 Å². The topological polar surface area (TPSA) is 79.0 Å². The molecule has 150 valence electrons. The van der Waals surface area contributed by atoms with E-state index in [1.165, 1.54) is 7.05 Å². The lowest BCUT2D eigenvalue weighted by molar-refractivity contribution is 0.0691. The number of nitrogens with zero attached hydrogens (tertiary/aromatic N) is 2. The Morgan fingerprint density at radius 1 is 1.07 bits per heavy atom. The Kier molecular flexibility index (Phi) is 4.96. The lowest BCUT2D eigenvalue weighted by Crippen LogP contribution is -2.45. The van der Waals surface area contributed by atoms with Crippen LogP contribution in [-0.4, -0.2) is 60.8 Å². The minimum absolute atomic E-state index is 0.121. The van der Waals surface area contributed by atoms with Gasteiger partial charge < -0.3 is 15.0 Å². The van der Waals surface area contributed by atoms with Gasteiger partial charge in [-0.25, -0.2) is 0 Å². The highest BCUT2D eigenvalue weighted by Gasteiger charge is 2.34. The second-order valence-electron chi connectivity index (χ2n) is 7.39. The van der Waals surface area contributed by atoms with Gasteiger partial charge in [0.15, 0.2) is 0 Å². The van der Waals surface area contributed by atoms with Gasteiger partial charge in [-0.1, -0.05) is 0 Å². The van der Waals surface area contributed by atoms with Crippen LogP contribution < -0.4 is 10.1 Å². The summed E-state index contributed by atoms with van der Waals surface area (Å²) in [6, 6.07) is 12.6. The van der Waals surface area contributed by atoms with Crippen LogP contribution in [-0.2, 0) is 0 Å². The summed E-state index contributed by atoms with van der Waals surface area (Å²) >= 11 is 0. The molecule has 2 aromatic rings. The van der Waals surface area contributed by atoms with E-state index < -0.39 is 0 Å². The van der Waals surface area contributed by atoms with Gasteiger partial charge in [0, 0.05) is 37.4 Å². The summed E-state index contributed by atoms with van der Waals surface area (Å²) in [5, 5.41) is 3.47. The number of rotatable bonds is 4. The van der Waals surface area contributed by atoms with Crippen LogP contribution in [0, 0.1) is 0 Å². The summed E-state index contributed by atoms with van der Waals surface area (Å²) in [6.45, 7) is 1.25. The molecule has 0 unspecified atom stereocenters. The molecular weight excluding hydrogens is 370 g/mol. The maximum Gasteiger partial charge on any atom is 0.261 e. The Hall–Kier alpha value is -3.35. The first-order chi connectivity index (χ1) is 14.0. The molecule has 2 aliphatic rings. The van der Waals surface area contributed by atoms with Gasteiger partial charge in [0.25, 0.3) is 17.7 Å². The molecule has 1 N–H and O–H groups in total. The smallest absolute Gasteiger partial charge is 0.261 e. The maximum absolute atomic E-state index is 13.0. The molecule has 1 atom stereocenters. The normalized spacial score (nSPS) is 18.6. The van der Waals surface area contributed by atoms with E-state index in [4.69, 9.17) is 4.74 Å². The van der Waals surface area contributed by atoms with E-state index in [2.05, 4.69) is 5.32 Å². The summed E-state index contributed by atoms with van der Waals surface area (Å²) in [5.41, 5.74) is 2.07. The number of carbonyl (C=O) groups excluding carboxylic acids is 3. The van der Waals surface area contributed by atoms with Gasteiger partial charge in [-0.05, 0) is 55.3 Å². The van der Waals surface area contributed by atoms with Crippen molar-refractivity contribution in [1.29, 1.82) is 0 Å². The molecule has 2 aromatic carbocycles. The van der Waals surface area contributed by atoms with Crippen LogP contribution in [0.4, 0.5) is 5.69 Å². The van der Waals surface area contributed by atoms with Gasteiger partial charge in [-0.15, -0.1) is 0 Å². The number of likely N-dealkylation sites (tertiary alicyclic amines) is 1. The van der Waals surface area contributed by atoms with Crippen molar-refractivity contribution in [1.82, 2.24) is 9.80 Å². The number of benzene rings is 2. The Bertz CT molecular complexity index is 971. The van der Waals surface area contributed by atoms with Crippen molar-refractivity contribution in [2.24, 2.45) is 0 Å². The molecule has 1 fully saturated rings. The SMILES string of the molecule is COc1ccc(N[C@@H]2CCCN(C(=O)c3ccc4c(c3)C(=O)N(C)C4=O)C2)cc1. The summed E-state index contributed by atoms with van der Waals surface area (Å²) in [5.74, 6) is -0.0156. The molecule has 2 heterocycles. The first-order valence-electron chi connectivity index (χ1n) is 9.64. The van der Waals surface area contributed by atoms with Crippen LogP contribution in [0.3, 0.4) is 0 Å². The number of fused-ring (bicyclic) bond motifs is 1. The Morgan fingerprint density at radius 2 is 1.79 bits per heavy atom. The van der Waals surface area contributed by atoms with Crippen molar-refractivity contribution in [3.8, 4) is 5.75 Å². The molecule has 0 bridgehead atoms. The van der Waals surface area contributed by atoms with Crippen molar-refractivity contribution in [2.45, 2.75) is 18.9 Å². The van der Waals surface area contributed by atoms with Crippen LogP contribution in [0.25, 0.3) is 0 Å². The van der Waals surface area contributed by atoms with Gasteiger partial charge in [-0.3, -0.25) is 19.3 Å². The zero-order valence-corrected chi connectivity index (χ0v) is 16.5. The number of carbonyl (C=O) groups is 3. The summed E-state index contributed by atoms with van der Waals surface area (Å²) in [4.78, 5) is 40.2. The number of methoxy groups -OCH3 is 1. The minimum atomic E-state index is -0.364. The molecule has 7 nitrogen and oxygen atoms in total. The first kappa shape index (κ1) is 19.0. The number of nitrogens with one attached hydrogen (secondary N) is 1. The number of ether oxygens (including phenoxy) is 1. The maximum atomic E-state index is 13.0. The summed E-state index contributed by atoms with van der Waals surface area (Å²) in [7, 11) is 3.08. The van der Waals surface area contributed by atoms with Gasteiger partial charge in [0.2, 0.25) is 0 Å². The van der Waals surface area contributed by atoms with Crippen LogP contribution >= 0.6 is 0 Å². The molecule has 0 spiro atoms. The molecule has 4 rings (SSSR count). The van der Waals surface area contributed by atoms with E-state index in [0.29, 0.717) is 29.8 Å². The quantitative estimate of drug-likeness (QED) is 0.808. The number of piperidine rings is 1. The molecule has 1 saturated heterocycles. The fraction of sp³-hybridized carbons (Fsp3) is 0.318. The first-order valence-corrected chi connectivity index (χ1v) is 9.64. The fourth-order valence-corrected chi connectivity index (χ4v) is 3.88. The van der Waals surface area contributed by atoms with Crippen molar-refractivity contribution in [3.05, 3.63) is 59.2 Å². The van der Waals surface area contributed by atoms with Gasteiger partial charge in [0.05, 0.1) is 18.2 Å². The standard InChI is InChI=1S/C22H23N3O4/c1-24-21(27)18-10-5-14(12-19(18)22(24)28)20(26)25-11-3-4-16(13-25)23-15-6-8-17(29-2)9-7-15/h5-10,12,16,23H,3-4,11,13H2,1-2H3/t16-/m1/s1. The Labute approximate surface area is 169 Å². The van der Waals surface area contributed by atoms with Gasteiger partial charge in [-0.2, -0.15) is 0 Å². The predicted molar refractivity (Wildman–Crippen MR) is 108 cm³/mol. The average Bonchev–Trinajstić information content (AvgIpc) is 2.97. The molecular formula is C22H23N3O4. The van der Waals surface area contributed by atoms with Crippen molar-refractivity contribution >= 4 is 23.4 Å². The third kappa shape index (κ3) is 3.55. The largest absolute Gasteiger partial charge is 0.497 e. The van der Waals surface area contributed by atoms with Crippen LogP contribution in [0.5, 0.6) is 5.75 Å². The van der Waals surface area contributed by atoms with Crippen LogP contribution in [0.2, 0.25) is 0 Å². The molecule has 2 aliphatic heterocycles. The molecule has 0 saturated carbocycles. The van der Waals surface area contributed by atoms with Crippen molar-refractivity contribution < 1.29 is 19.1 Å². The van der Waals surface area contributed by atoms with E-state index in [1.807, 2.05) is 24.3 Å². The molecule has 0 aromatic heterocycles. The zero-order chi connectivity index (χ0) is 20.5. The second-order valence-corrected chi connectivity index (χ2v) is 7.39. The average molecular weight is 393 g/mol. The van der Waals surface area contributed by atoms with Crippen LogP contribution in [0.1, 0.15) is 43.9 Å². The van der Waals surface area contributed by atoms with Gasteiger partial charge >= 0.3 is 0 Å². The van der Waals surface area contributed by atoms with Gasteiger partial charge in [0.1, 0.15) is 5.75 Å². The van der Waals surface area contributed by atoms with E-state index in [0.717, 1.165) is 29.2 Å². The number of hydrogen-bond donors (Lipinski definition) is 1. The lowest BCUT2D eigenvalue weighted by atomic mass is 10.0. The lowest BCUT2D eigenvalue weighted by Gasteiger charge is -2.34. The van der Waals surface area contributed by atoms with Crippen molar-refractivity contribution in [2.75, 3.05) is 32.6 Å². The molecule has 29 heavy (non-hydrogen) atoms. The van der Waals surface area contributed by atoms with E-state index >= 15 is 0 Å². The molecule has 7 heteroatoms. The Balaban J connectivity index is 1.46. The third-order valence-electron chi connectivity index (χ3n) is 5.51. The van der Waals surface area contributed by atoms with Crippen molar-refractivity contribution in [3.63, 3.8) is 0 Å². The number of imide groups is 1. The zero-order valence-electron chi connectivity index (χ0n) is 16.5. The molecule has 0 aliphatic carbocycles.